The number of hydrogen-bond acceptors (Lipinski definition) is 23. The maximum atomic E-state index is 14.0. The van der Waals surface area contributed by atoms with Gasteiger partial charge in [-0.05, 0) is 33.2 Å². The average molecular weight is 2280 g/mol. The van der Waals surface area contributed by atoms with Crippen molar-refractivity contribution in [3.05, 3.63) is 219 Å². The largest absolute Gasteiger partial charge is 0.778 e. The van der Waals surface area contributed by atoms with Gasteiger partial charge in [0.15, 0.2) is 154 Å². The number of nitrogens with one attached hydrogen (secondary N) is 6. The quantitative estimate of drug-likeness (QED) is 0.00395. The Kier molecular flexibility index (Phi) is 49.4. The molecule has 6 rings (SSSR count). The Balaban J connectivity index is 0.000000885. The number of sulfonamides is 3. The molecular weight excluding hydrogens is 2200 g/mol. The van der Waals surface area contributed by atoms with Crippen molar-refractivity contribution in [3.8, 4) is 0 Å². The van der Waals surface area contributed by atoms with Crippen LogP contribution >= 0.6 is 0 Å². The SMILES string of the molecule is C=S(=O)([O-])CCNC(=O)c1c(F)c(F)c(N=[N+]=[N-])c(F)c1F.C=S(=O)([O-])CCNS(=O)(=O)c1c(F)c(F)c(N=[N+]=[N-])c(F)c1F.C[N+](C)(C)CCNC(=O)c1c(F)c(F)c(N=[N+]=[N-])c(F)c1F.C[N+](C)(C)CCNS(=O)(=O)c1c(F)c(F)c(N=[N+]=[N-])c(F)c1F.C[N+](C)(CCCS(C)(=O)=O)CCNC(=O)c1c(F)c(F)c(N=[N+]=[N-])c(F)c1F.C[N+](C)(CCCS(C)(=O)=O)CCNS(=O)(=O)c1c(F)c(F)c(N=[N+]=[N-])c(F)c1F. The molecule has 0 aliphatic heterocycles. The van der Waals surface area contributed by atoms with E-state index in [1.807, 2.05) is 50.2 Å². The van der Waals surface area contributed by atoms with Gasteiger partial charge in [0.05, 0.1) is 147 Å². The number of nitrogens with zero attached hydrogens (tertiary/aromatic N) is 22. The summed E-state index contributed by atoms with van der Waals surface area (Å²) >= 11 is 0. The average Bonchev–Trinajstić information content (AvgIpc) is 0.768. The molecule has 6 aromatic rings. The van der Waals surface area contributed by atoms with Gasteiger partial charge in [-0.2, -0.15) is 0 Å². The number of likely N-dealkylation sites (N-methyl/N-ethyl adjacent to an activating group) is 4. The van der Waals surface area contributed by atoms with E-state index in [-0.39, 0.29) is 61.8 Å². The number of halogens is 24. The molecule has 147 heavy (non-hydrogen) atoms. The van der Waals surface area contributed by atoms with E-state index in [2.05, 4.69) is 62.9 Å². The van der Waals surface area contributed by atoms with E-state index in [1.165, 1.54) is 4.72 Å². The predicted octanol–water partition coefficient (Wildman–Crippen LogP) is 12.3. The molecule has 0 aromatic heterocycles. The molecule has 0 bridgehead atoms. The number of quaternary nitrogens is 4. The Bertz CT molecular complexity index is 7040. The fraction of sp³-hybridized carbons (Fsp3) is 0.423. The highest BCUT2D eigenvalue weighted by molar-refractivity contribution is 7.95. The minimum absolute atomic E-state index is 0.00641. The Hall–Kier alpha value is -12.7. The first kappa shape index (κ1) is 132. The first-order valence-electron chi connectivity index (χ1n) is 39.0. The molecule has 45 nitrogen and oxygen atoms in total. The summed E-state index contributed by atoms with van der Waals surface area (Å²) in [7, 11) is -11.2. The fourth-order valence-electron chi connectivity index (χ4n) is 10.6. The maximum Gasteiger partial charge on any atom is 0.257 e. The summed E-state index contributed by atoms with van der Waals surface area (Å²) in [5, 5.41) is 21.0. The van der Waals surface area contributed by atoms with Crippen molar-refractivity contribution in [2.45, 2.75) is 27.5 Å². The third-order valence-electron chi connectivity index (χ3n) is 17.8. The molecule has 0 radical (unpaired) electrons. The highest BCUT2D eigenvalue weighted by atomic mass is 32.2. The second-order valence-corrected chi connectivity index (χ2v) is 45.9. The van der Waals surface area contributed by atoms with Crippen LogP contribution in [0.15, 0.2) is 45.4 Å². The van der Waals surface area contributed by atoms with E-state index in [0.717, 1.165) is 12.5 Å². The summed E-state index contributed by atoms with van der Waals surface area (Å²) in [5.41, 5.74) is 34.9. The van der Waals surface area contributed by atoms with Gasteiger partial charge in [-0.25, -0.2) is 162 Å². The number of azide groups is 6. The molecular formula is C71H82F24N28O17S7+2. The van der Waals surface area contributed by atoms with Crippen LogP contribution in [-0.4, -0.2) is 292 Å². The van der Waals surface area contributed by atoms with Gasteiger partial charge in [0, 0.05) is 79.4 Å². The van der Waals surface area contributed by atoms with Gasteiger partial charge >= 0.3 is 0 Å². The highest BCUT2D eigenvalue weighted by Crippen LogP contribution is 2.39. The molecule has 0 saturated heterocycles. The van der Waals surface area contributed by atoms with Gasteiger partial charge in [-0.3, -0.25) is 22.8 Å². The van der Waals surface area contributed by atoms with Crippen LogP contribution in [-0.2, 0) is 69.3 Å². The number of carbonyl (C=O) groups excluding carboxylic acids is 3. The zero-order chi connectivity index (χ0) is 114. The molecule has 816 valence electrons. The summed E-state index contributed by atoms with van der Waals surface area (Å²) < 4.78 is 494. The van der Waals surface area contributed by atoms with Crippen LogP contribution in [0.25, 0.3) is 62.7 Å². The molecule has 0 saturated carbocycles. The molecule has 0 aliphatic carbocycles. The van der Waals surface area contributed by atoms with E-state index in [4.69, 9.17) is 33.2 Å². The van der Waals surface area contributed by atoms with Crippen LogP contribution in [0, 0.1) is 140 Å². The van der Waals surface area contributed by atoms with Crippen LogP contribution in [0.4, 0.5) is 139 Å². The summed E-state index contributed by atoms with van der Waals surface area (Å²) in [4.78, 5) is 41.7. The lowest BCUT2D eigenvalue weighted by Gasteiger charge is -2.29. The van der Waals surface area contributed by atoms with Crippen molar-refractivity contribution < 1.29 is 197 Å². The number of carbonyl (C=O) groups is 3. The number of amides is 3. The maximum absolute atomic E-state index is 14.0. The van der Waals surface area contributed by atoms with Crippen molar-refractivity contribution in [1.29, 1.82) is 0 Å². The van der Waals surface area contributed by atoms with Gasteiger partial charge in [-0.15, -0.1) is 0 Å². The molecule has 0 spiro atoms. The summed E-state index contributed by atoms with van der Waals surface area (Å²) in [5.74, 6) is -50.5. The first-order chi connectivity index (χ1) is 67.0. The van der Waals surface area contributed by atoms with E-state index in [9.17, 15) is 179 Å². The molecule has 2 unspecified atom stereocenters. The zero-order valence-electron chi connectivity index (χ0n) is 77.3. The molecule has 3 amide bonds. The van der Waals surface area contributed by atoms with Gasteiger partial charge in [0.1, 0.15) is 70.5 Å². The van der Waals surface area contributed by atoms with Gasteiger partial charge < -0.3 is 43.0 Å². The molecule has 76 heteroatoms. The monoisotopic (exact) mass is 2280 g/mol. The van der Waals surface area contributed by atoms with Crippen molar-refractivity contribution in [2.75, 3.05) is 185 Å². The lowest BCUT2D eigenvalue weighted by atomic mass is 10.1. The molecule has 0 heterocycles. The van der Waals surface area contributed by atoms with Crippen LogP contribution in [0.5, 0.6) is 0 Å². The van der Waals surface area contributed by atoms with E-state index in [0.29, 0.717) is 45.9 Å². The van der Waals surface area contributed by atoms with E-state index < -0.39 is 317 Å². The van der Waals surface area contributed by atoms with Gasteiger partial charge in [0.2, 0.25) is 30.1 Å². The molecule has 0 aliphatic rings. The Morgan fingerprint density at radius 2 is 0.449 bits per heavy atom. The number of benzene rings is 6. The van der Waals surface area contributed by atoms with Crippen molar-refractivity contribution >= 4 is 133 Å². The minimum atomic E-state index is -5.13. The van der Waals surface area contributed by atoms with E-state index in [1.54, 1.807) is 54.7 Å². The Morgan fingerprint density at radius 3 is 0.653 bits per heavy atom. The standard InChI is InChI=1S/C15H19F4N5O3S.C14H20F4N5O4S2.C12H13F4N5O.C11H14F4N5O2S.C10H8F4N4O3S.C9H8F4N4O4S2/c1-24(2,6-4-8-28(3,26)27)7-5-21-15(25)9-10(16)12(18)14(22-23-20)13(19)11(9)17;1-23(2,6-4-8-28(3,24)25)7-5-20-29(26,27)14-11(17)9(15)13(21-22-19)10(16)12(14)18;1-21(2,3)5-4-18-12(22)6-7(13)9(15)11(19-20-17)10(16)8(6)14;1-20(2,3)5-4-17-23(21,22)11-8(14)6(12)10(18-19-16)7(13)9(11)15;1-22(20,21)3-2-16-10(19)4-5(11)7(13)9(17-18-15)8(14)6(4)12;1-22(18,19)3-2-15-23(20,21)9-6(12)4(10)8(16-17-14)5(11)7(9)13/h4-8H2,1-3H3;20H,4-8H2,1-3H3;4-5H2,1-3H3;17H,4-5H2,1-3H3;1-3H2,(H,16,19)(H,20,21);15H,1-3H2,(H,18,19)/q;+1;;+1;;. The molecule has 0 fully saturated rings. The molecule has 6 aromatic carbocycles. The molecule has 6 N–H and O–H groups in total. The van der Waals surface area contributed by atoms with Crippen LogP contribution in [0.2, 0.25) is 0 Å². The first-order valence-corrected chi connectivity index (χ1v) is 51.2. The highest BCUT2D eigenvalue weighted by Gasteiger charge is 2.39. The van der Waals surface area contributed by atoms with Crippen molar-refractivity contribution in [1.82, 2.24) is 30.1 Å². The third kappa shape index (κ3) is 39.8. The van der Waals surface area contributed by atoms with Crippen LogP contribution < -0.4 is 30.1 Å². The van der Waals surface area contributed by atoms with Crippen LogP contribution in [0.1, 0.15) is 43.9 Å². The van der Waals surface area contributed by atoms with Gasteiger partial charge in [-0.1, -0.05) is 62.0 Å². The predicted molar refractivity (Wildman–Crippen MR) is 473 cm³/mol. The number of hydrogen-bond donors (Lipinski definition) is 6. The van der Waals surface area contributed by atoms with Gasteiger partial charge in [0.25, 0.3) is 17.7 Å². The smallest absolute Gasteiger partial charge is 0.257 e. The Labute approximate surface area is 818 Å². The summed E-state index contributed by atoms with van der Waals surface area (Å²) in [6, 6.07) is 0. The lowest BCUT2D eigenvalue weighted by molar-refractivity contribution is -0.889. The number of rotatable bonds is 41. The van der Waals surface area contributed by atoms with Crippen molar-refractivity contribution in [3.63, 3.8) is 0 Å². The second-order valence-electron chi connectivity index (χ2n) is 32.5. The molecule has 2 atom stereocenters. The normalized spacial score (nSPS) is 12.5. The minimum Gasteiger partial charge on any atom is -0.778 e. The topological polar surface area (TPSA) is 667 Å². The third-order valence-corrected chi connectivity index (χ3v) is 25.9. The lowest BCUT2D eigenvalue weighted by Crippen LogP contribution is -2.46. The second kappa shape index (κ2) is 54.8. The zero-order valence-corrected chi connectivity index (χ0v) is 83.1. The number of sulfone groups is 2. The summed E-state index contributed by atoms with van der Waals surface area (Å²) in [6.07, 6.45) is 2.87. The Morgan fingerprint density at radius 1 is 0.272 bits per heavy atom. The van der Waals surface area contributed by atoms with E-state index >= 15 is 0 Å². The fourth-order valence-corrected chi connectivity index (χ4v) is 16.3. The van der Waals surface area contributed by atoms with Crippen molar-refractivity contribution in [2.24, 2.45) is 30.7 Å². The summed E-state index contributed by atoms with van der Waals surface area (Å²) in [6.45, 7) is -0.180. The van der Waals surface area contributed by atoms with Crippen LogP contribution in [0.3, 0.4) is 0 Å².